The standard InChI is InChI=1S/C15H10BrFN2O3/c16-11-4-7-14(13(17)9-11)18-15(20)8-3-10-1-5-12(6-2-10)19(21)22/h1-9H,(H,18,20)/b8-3+. The number of benzene rings is 2. The minimum Gasteiger partial charge on any atom is -0.320 e. The van der Waals surface area contributed by atoms with Crippen molar-refractivity contribution in [3.8, 4) is 0 Å². The highest BCUT2D eigenvalue weighted by Crippen LogP contribution is 2.19. The van der Waals surface area contributed by atoms with E-state index in [-0.39, 0.29) is 11.4 Å². The molecule has 0 unspecified atom stereocenters. The number of carbonyl (C=O) groups excluding carboxylic acids is 1. The molecule has 0 spiro atoms. The van der Waals surface area contributed by atoms with Gasteiger partial charge in [0, 0.05) is 22.7 Å². The van der Waals surface area contributed by atoms with Crippen LogP contribution in [0.25, 0.3) is 6.08 Å². The van der Waals surface area contributed by atoms with E-state index in [0.717, 1.165) is 0 Å². The maximum absolute atomic E-state index is 13.6. The van der Waals surface area contributed by atoms with Gasteiger partial charge in [0.05, 0.1) is 10.6 Å². The van der Waals surface area contributed by atoms with Gasteiger partial charge in [0.1, 0.15) is 5.82 Å². The van der Waals surface area contributed by atoms with Crippen molar-refractivity contribution in [2.75, 3.05) is 5.32 Å². The zero-order valence-corrected chi connectivity index (χ0v) is 12.7. The van der Waals surface area contributed by atoms with Crippen LogP contribution in [0.5, 0.6) is 0 Å². The van der Waals surface area contributed by atoms with Gasteiger partial charge in [-0.3, -0.25) is 14.9 Å². The summed E-state index contributed by atoms with van der Waals surface area (Å²) in [7, 11) is 0. The number of non-ortho nitro benzene ring substituents is 1. The Morgan fingerprint density at radius 2 is 1.91 bits per heavy atom. The van der Waals surface area contributed by atoms with Gasteiger partial charge in [-0.15, -0.1) is 0 Å². The van der Waals surface area contributed by atoms with Crippen LogP contribution in [0.3, 0.4) is 0 Å². The molecule has 0 atom stereocenters. The number of rotatable bonds is 4. The number of anilines is 1. The Kier molecular flexibility index (Phi) is 5.00. The number of carbonyl (C=O) groups is 1. The molecule has 2 rings (SSSR count). The van der Waals surface area contributed by atoms with Crippen molar-refractivity contribution in [2.45, 2.75) is 0 Å². The van der Waals surface area contributed by atoms with E-state index in [0.29, 0.717) is 10.0 Å². The van der Waals surface area contributed by atoms with Crippen molar-refractivity contribution >= 4 is 39.3 Å². The van der Waals surface area contributed by atoms with Gasteiger partial charge in [-0.05, 0) is 42.0 Å². The highest BCUT2D eigenvalue weighted by molar-refractivity contribution is 9.10. The highest BCUT2D eigenvalue weighted by Gasteiger charge is 2.05. The molecular weight excluding hydrogens is 355 g/mol. The lowest BCUT2D eigenvalue weighted by Crippen LogP contribution is -2.09. The predicted octanol–water partition coefficient (Wildman–Crippen LogP) is 4.15. The molecule has 112 valence electrons. The molecule has 0 aliphatic rings. The topological polar surface area (TPSA) is 72.2 Å². The molecule has 7 heteroatoms. The van der Waals surface area contributed by atoms with Crippen molar-refractivity contribution in [2.24, 2.45) is 0 Å². The van der Waals surface area contributed by atoms with Crippen molar-refractivity contribution in [3.05, 3.63) is 74.5 Å². The van der Waals surface area contributed by atoms with Crippen LogP contribution in [0.1, 0.15) is 5.56 Å². The molecule has 0 aliphatic heterocycles. The van der Waals surface area contributed by atoms with Crippen LogP contribution in [-0.4, -0.2) is 10.8 Å². The number of nitro groups is 1. The lowest BCUT2D eigenvalue weighted by molar-refractivity contribution is -0.384. The Hall–Kier alpha value is -2.54. The highest BCUT2D eigenvalue weighted by atomic mass is 79.9. The SMILES string of the molecule is O=C(/C=C/c1ccc([N+](=O)[O-])cc1)Nc1ccc(Br)cc1F. The largest absolute Gasteiger partial charge is 0.320 e. The van der Waals surface area contributed by atoms with E-state index in [9.17, 15) is 19.3 Å². The molecule has 0 fully saturated rings. The molecule has 0 saturated carbocycles. The van der Waals surface area contributed by atoms with E-state index in [1.807, 2.05) is 0 Å². The second kappa shape index (κ2) is 6.95. The van der Waals surface area contributed by atoms with Crippen LogP contribution in [-0.2, 0) is 4.79 Å². The molecule has 5 nitrogen and oxygen atoms in total. The van der Waals surface area contributed by atoms with Crippen molar-refractivity contribution in [1.29, 1.82) is 0 Å². The van der Waals surface area contributed by atoms with Crippen LogP contribution < -0.4 is 5.32 Å². The van der Waals surface area contributed by atoms with E-state index in [1.165, 1.54) is 48.6 Å². The lowest BCUT2D eigenvalue weighted by Gasteiger charge is -2.03. The minimum absolute atomic E-state index is 0.0291. The second-order valence-electron chi connectivity index (χ2n) is 4.30. The molecule has 1 N–H and O–H groups in total. The molecule has 0 aliphatic carbocycles. The van der Waals surface area contributed by atoms with E-state index in [1.54, 1.807) is 6.07 Å². The Balaban J connectivity index is 2.03. The van der Waals surface area contributed by atoms with Gasteiger partial charge >= 0.3 is 0 Å². The molecule has 2 aromatic carbocycles. The molecule has 1 amide bonds. The summed E-state index contributed by atoms with van der Waals surface area (Å²) < 4.78 is 14.1. The van der Waals surface area contributed by atoms with E-state index in [4.69, 9.17) is 0 Å². The average molecular weight is 365 g/mol. The quantitative estimate of drug-likeness (QED) is 0.503. The molecule has 0 aromatic heterocycles. The number of hydrogen-bond donors (Lipinski definition) is 1. The van der Waals surface area contributed by atoms with Gasteiger partial charge in [-0.25, -0.2) is 4.39 Å². The maximum atomic E-state index is 13.6. The summed E-state index contributed by atoms with van der Waals surface area (Å²) in [5, 5.41) is 12.9. The van der Waals surface area contributed by atoms with E-state index < -0.39 is 16.6 Å². The molecule has 0 radical (unpaired) electrons. The molecule has 0 bridgehead atoms. The first-order valence-corrected chi connectivity index (χ1v) is 6.93. The zero-order valence-electron chi connectivity index (χ0n) is 11.1. The fourth-order valence-corrected chi connectivity index (χ4v) is 1.98. The predicted molar refractivity (Wildman–Crippen MR) is 84.9 cm³/mol. The molecule has 22 heavy (non-hydrogen) atoms. The number of nitrogens with zero attached hydrogens (tertiary/aromatic N) is 1. The third-order valence-electron chi connectivity index (χ3n) is 2.72. The molecular formula is C15H10BrFN2O3. The number of amides is 1. The van der Waals surface area contributed by atoms with Crippen LogP contribution in [0.15, 0.2) is 53.0 Å². The second-order valence-corrected chi connectivity index (χ2v) is 5.21. The molecule has 0 saturated heterocycles. The number of halogens is 2. The fourth-order valence-electron chi connectivity index (χ4n) is 1.64. The van der Waals surface area contributed by atoms with Crippen LogP contribution in [0.4, 0.5) is 15.8 Å². The monoisotopic (exact) mass is 364 g/mol. The number of nitrogens with one attached hydrogen (secondary N) is 1. The van der Waals surface area contributed by atoms with Crippen molar-refractivity contribution in [3.63, 3.8) is 0 Å². The maximum Gasteiger partial charge on any atom is 0.269 e. The van der Waals surface area contributed by atoms with Gasteiger partial charge in [-0.1, -0.05) is 15.9 Å². The van der Waals surface area contributed by atoms with Gasteiger partial charge in [0.2, 0.25) is 5.91 Å². The van der Waals surface area contributed by atoms with Crippen LogP contribution in [0, 0.1) is 15.9 Å². The lowest BCUT2D eigenvalue weighted by atomic mass is 10.2. The van der Waals surface area contributed by atoms with Gasteiger partial charge in [-0.2, -0.15) is 0 Å². The van der Waals surface area contributed by atoms with Crippen molar-refractivity contribution in [1.82, 2.24) is 0 Å². The van der Waals surface area contributed by atoms with Gasteiger partial charge in [0.25, 0.3) is 5.69 Å². The first-order valence-electron chi connectivity index (χ1n) is 6.14. The molecule has 0 heterocycles. The van der Waals surface area contributed by atoms with Gasteiger partial charge in [0.15, 0.2) is 0 Å². The summed E-state index contributed by atoms with van der Waals surface area (Å²) in [6.45, 7) is 0. The number of nitro benzene ring substituents is 1. The first kappa shape index (κ1) is 15.8. The summed E-state index contributed by atoms with van der Waals surface area (Å²) in [4.78, 5) is 21.7. The third-order valence-corrected chi connectivity index (χ3v) is 3.21. The van der Waals surface area contributed by atoms with Gasteiger partial charge < -0.3 is 5.32 Å². The summed E-state index contributed by atoms with van der Waals surface area (Å²) in [6.07, 6.45) is 2.71. The number of hydrogen-bond acceptors (Lipinski definition) is 3. The third kappa shape index (κ3) is 4.23. The smallest absolute Gasteiger partial charge is 0.269 e. The van der Waals surface area contributed by atoms with E-state index >= 15 is 0 Å². The fraction of sp³-hybridized carbons (Fsp3) is 0. The first-order chi connectivity index (χ1) is 10.5. The van der Waals surface area contributed by atoms with Crippen molar-refractivity contribution < 1.29 is 14.1 Å². The Morgan fingerprint density at radius 1 is 1.23 bits per heavy atom. The summed E-state index contributed by atoms with van der Waals surface area (Å²) in [6, 6.07) is 10.0. The van der Waals surface area contributed by atoms with E-state index in [2.05, 4.69) is 21.2 Å². The Morgan fingerprint density at radius 3 is 2.50 bits per heavy atom. The van der Waals surface area contributed by atoms with Crippen LogP contribution >= 0.6 is 15.9 Å². The summed E-state index contributed by atoms with van der Waals surface area (Å²) >= 11 is 3.13. The Bertz CT molecular complexity index is 745. The zero-order chi connectivity index (χ0) is 16.1. The normalized spacial score (nSPS) is 10.6. The average Bonchev–Trinajstić information content (AvgIpc) is 2.48. The minimum atomic E-state index is -0.550. The summed E-state index contributed by atoms with van der Waals surface area (Å²) in [5.74, 6) is -1.05. The summed E-state index contributed by atoms with van der Waals surface area (Å²) in [5.41, 5.74) is 0.664. The molecule has 2 aromatic rings. The Labute approximate surface area is 133 Å². The van der Waals surface area contributed by atoms with Crippen LogP contribution in [0.2, 0.25) is 0 Å².